The summed E-state index contributed by atoms with van der Waals surface area (Å²) in [6.45, 7) is 5.59. The van der Waals surface area contributed by atoms with E-state index in [0.717, 1.165) is 15.6 Å². The van der Waals surface area contributed by atoms with Gasteiger partial charge in [-0.1, -0.05) is 6.07 Å². The number of thiazole rings is 1. The first-order valence-corrected chi connectivity index (χ1v) is 6.65. The second kappa shape index (κ2) is 5.48. The van der Waals surface area contributed by atoms with Crippen molar-refractivity contribution in [2.24, 2.45) is 0 Å². The molecule has 0 atom stereocenters. The zero-order chi connectivity index (χ0) is 14.0. The molecular formula is C14H14FNO2S. The molecule has 3 nitrogen and oxygen atoms in total. The summed E-state index contributed by atoms with van der Waals surface area (Å²) in [6, 6.07) is 4.32. The molecule has 100 valence electrons. The highest BCUT2D eigenvalue weighted by Crippen LogP contribution is 2.19. The molecule has 1 heterocycles. The van der Waals surface area contributed by atoms with Gasteiger partial charge in [-0.25, -0.2) is 14.2 Å². The monoisotopic (exact) mass is 279 g/mol. The predicted molar refractivity (Wildman–Crippen MR) is 71.8 cm³/mol. The Morgan fingerprint density at radius 1 is 1.37 bits per heavy atom. The zero-order valence-electron chi connectivity index (χ0n) is 11.0. The molecule has 0 fully saturated rings. The third-order valence-corrected chi connectivity index (χ3v) is 3.79. The Hall–Kier alpha value is -1.75. The third-order valence-electron chi connectivity index (χ3n) is 2.74. The summed E-state index contributed by atoms with van der Waals surface area (Å²) in [7, 11) is 0. The van der Waals surface area contributed by atoms with E-state index in [9.17, 15) is 9.18 Å². The van der Waals surface area contributed by atoms with E-state index in [-0.39, 0.29) is 12.2 Å². The Balaban J connectivity index is 2.05. The maximum atomic E-state index is 13.4. The SMILES string of the molecule is Cc1nc(C)c(COC(=O)c2ccc(C)c(F)c2)s1. The Morgan fingerprint density at radius 3 is 2.68 bits per heavy atom. The quantitative estimate of drug-likeness (QED) is 0.806. The fraction of sp³-hybridized carbons (Fsp3) is 0.286. The molecule has 19 heavy (non-hydrogen) atoms. The molecule has 0 unspecified atom stereocenters. The second-order valence-electron chi connectivity index (χ2n) is 4.28. The number of nitrogens with zero attached hydrogens (tertiary/aromatic N) is 1. The van der Waals surface area contributed by atoms with Gasteiger partial charge in [0, 0.05) is 0 Å². The van der Waals surface area contributed by atoms with Crippen LogP contribution in [-0.4, -0.2) is 11.0 Å². The second-order valence-corrected chi connectivity index (χ2v) is 5.57. The topological polar surface area (TPSA) is 39.2 Å². The fourth-order valence-electron chi connectivity index (χ4n) is 1.64. The molecule has 5 heteroatoms. The summed E-state index contributed by atoms with van der Waals surface area (Å²) < 4.78 is 18.5. The van der Waals surface area contributed by atoms with Crippen molar-refractivity contribution in [3.8, 4) is 0 Å². The van der Waals surface area contributed by atoms with Crippen LogP contribution in [-0.2, 0) is 11.3 Å². The number of carbonyl (C=O) groups is 1. The van der Waals surface area contributed by atoms with Crippen LogP contribution in [0.1, 0.15) is 31.5 Å². The van der Waals surface area contributed by atoms with Crippen molar-refractivity contribution in [2.75, 3.05) is 0 Å². The van der Waals surface area contributed by atoms with E-state index >= 15 is 0 Å². The van der Waals surface area contributed by atoms with Crippen molar-refractivity contribution < 1.29 is 13.9 Å². The number of aromatic nitrogens is 1. The molecule has 0 aliphatic rings. The Labute approximate surface area is 115 Å². The molecule has 2 rings (SSSR count). The van der Waals surface area contributed by atoms with E-state index in [2.05, 4.69) is 4.98 Å². The fourth-order valence-corrected chi connectivity index (χ4v) is 2.49. The number of benzene rings is 1. The van der Waals surface area contributed by atoms with E-state index in [4.69, 9.17) is 4.74 Å². The summed E-state index contributed by atoms with van der Waals surface area (Å²) >= 11 is 1.49. The number of ether oxygens (including phenoxy) is 1. The number of halogens is 1. The van der Waals surface area contributed by atoms with Gasteiger partial charge in [-0.05, 0) is 38.5 Å². The molecule has 0 radical (unpaired) electrons. The first-order valence-electron chi connectivity index (χ1n) is 5.83. The average molecular weight is 279 g/mol. The van der Waals surface area contributed by atoms with Gasteiger partial charge in [0.05, 0.1) is 21.1 Å². The molecule has 0 aliphatic carbocycles. The summed E-state index contributed by atoms with van der Waals surface area (Å²) in [4.78, 5) is 17.0. The van der Waals surface area contributed by atoms with E-state index in [1.54, 1.807) is 19.1 Å². The highest BCUT2D eigenvalue weighted by atomic mass is 32.1. The van der Waals surface area contributed by atoms with Gasteiger partial charge >= 0.3 is 5.97 Å². The summed E-state index contributed by atoms with van der Waals surface area (Å²) in [5, 5.41) is 0.935. The van der Waals surface area contributed by atoms with Crippen LogP contribution < -0.4 is 0 Å². The van der Waals surface area contributed by atoms with Crippen LogP contribution in [0, 0.1) is 26.6 Å². The van der Waals surface area contributed by atoms with E-state index in [1.165, 1.54) is 17.4 Å². The van der Waals surface area contributed by atoms with Gasteiger partial charge < -0.3 is 4.74 Å². The van der Waals surface area contributed by atoms with Crippen LogP contribution >= 0.6 is 11.3 Å². The van der Waals surface area contributed by atoms with Gasteiger partial charge in [-0.3, -0.25) is 0 Å². The maximum Gasteiger partial charge on any atom is 0.338 e. The predicted octanol–water partition coefficient (Wildman–Crippen LogP) is 3.56. The normalized spacial score (nSPS) is 10.5. The molecule has 0 saturated carbocycles. The van der Waals surface area contributed by atoms with E-state index in [1.807, 2.05) is 13.8 Å². The Morgan fingerprint density at radius 2 is 2.11 bits per heavy atom. The van der Waals surface area contributed by atoms with Gasteiger partial charge in [0.2, 0.25) is 0 Å². The summed E-state index contributed by atoms with van der Waals surface area (Å²) in [5.41, 5.74) is 1.60. The Bertz CT molecular complexity index is 622. The van der Waals surface area contributed by atoms with Crippen molar-refractivity contribution in [3.05, 3.63) is 50.7 Å². The van der Waals surface area contributed by atoms with Crippen LogP contribution in [0.25, 0.3) is 0 Å². The standard InChI is InChI=1S/C14H14FNO2S/c1-8-4-5-11(6-12(8)15)14(17)18-7-13-9(2)16-10(3)19-13/h4-6H,7H2,1-3H3. The van der Waals surface area contributed by atoms with E-state index < -0.39 is 11.8 Å². The first-order chi connectivity index (χ1) is 8.97. The molecule has 0 bridgehead atoms. The number of hydrogen-bond donors (Lipinski definition) is 0. The number of hydrogen-bond acceptors (Lipinski definition) is 4. The highest BCUT2D eigenvalue weighted by Gasteiger charge is 2.12. The number of carbonyl (C=O) groups excluding carboxylic acids is 1. The van der Waals surface area contributed by atoms with Crippen molar-refractivity contribution in [1.29, 1.82) is 0 Å². The van der Waals surface area contributed by atoms with Crippen LogP contribution in [0.3, 0.4) is 0 Å². The Kier molecular flexibility index (Phi) is 3.95. The van der Waals surface area contributed by atoms with Crippen molar-refractivity contribution in [1.82, 2.24) is 4.98 Å². The molecule has 1 aromatic heterocycles. The molecular weight excluding hydrogens is 265 g/mol. The lowest BCUT2D eigenvalue weighted by Crippen LogP contribution is -2.06. The van der Waals surface area contributed by atoms with Crippen LogP contribution in [0.5, 0.6) is 0 Å². The third kappa shape index (κ3) is 3.17. The lowest BCUT2D eigenvalue weighted by molar-refractivity contribution is 0.0475. The van der Waals surface area contributed by atoms with Gasteiger partial charge in [-0.2, -0.15) is 0 Å². The lowest BCUT2D eigenvalue weighted by Gasteiger charge is -2.04. The lowest BCUT2D eigenvalue weighted by atomic mass is 10.1. The first kappa shape index (κ1) is 13.7. The molecule has 2 aromatic rings. The zero-order valence-corrected chi connectivity index (χ0v) is 11.8. The number of rotatable bonds is 3. The summed E-state index contributed by atoms with van der Waals surface area (Å²) in [5.74, 6) is -0.927. The van der Waals surface area contributed by atoms with Gasteiger partial charge in [0.25, 0.3) is 0 Å². The smallest absolute Gasteiger partial charge is 0.338 e. The average Bonchev–Trinajstić information content (AvgIpc) is 2.68. The summed E-state index contributed by atoms with van der Waals surface area (Å²) in [6.07, 6.45) is 0. The largest absolute Gasteiger partial charge is 0.456 e. The van der Waals surface area contributed by atoms with Gasteiger partial charge in [0.1, 0.15) is 12.4 Å². The molecule has 1 aromatic carbocycles. The van der Waals surface area contributed by atoms with Crippen LogP contribution in [0.15, 0.2) is 18.2 Å². The van der Waals surface area contributed by atoms with Gasteiger partial charge in [0.15, 0.2) is 0 Å². The van der Waals surface area contributed by atoms with Gasteiger partial charge in [-0.15, -0.1) is 11.3 Å². The molecule has 0 saturated heterocycles. The maximum absolute atomic E-state index is 13.4. The molecule has 0 amide bonds. The van der Waals surface area contributed by atoms with Crippen LogP contribution in [0.2, 0.25) is 0 Å². The highest BCUT2D eigenvalue weighted by molar-refractivity contribution is 7.11. The number of aryl methyl sites for hydroxylation is 3. The number of esters is 1. The minimum atomic E-state index is -0.524. The van der Waals surface area contributed by atoms with Crippen LogP contribution in [0.4, 0.5) is 4.39 Å². The minimum absolute atomic E-state index is 0.172. The van der Waals surface area contributed by atoms with Crippen molar-refractivity contribution >= 4 is 17.3 Å². The van der Waals surface area contributed by atoms with E-state index in [0.29, 0.717) is 5.56 Å². The minimum Gasteiger partial charge on any atom is -0.456 e. The molecule has 0 aliphatic heterocycles. The van der Waals surface area contributed by atoms with Crippen molar-refractivity contribution in [3.63, 3.8) is 0 Å². The molecule has 0 spiro atoms. The molecule has 0 N–H and O–H groups in total. The van der Waals surface area contributed by atoms with Crippen molar-refractivity contribution in [2.45, 2.75) is 27.4 Å².